The Labute approximate surface area is 147 Å². The van der Waals surface area contributed by atoms with E-state index in [1.54, 1.807) is 6.07 Å². The average molecular weight is 338 g/mol. The van der Waals surface area contributed by atoms with Crippen molar-refractivity contribution in [3.05, 3.63) is 53.6 Å². The fourth-order valence-corrected chi connectivity index (χ4v) is 2.40. The number of amides is 2. The molecule has 2 aromatic rings. The Balaban J connectivity index is 1.56. The van der Waals surface area contributed by atoms with Gasteiger partial charge in [-0.15, -0.1) is 0 Å². The molecule has 0 aliphatic heterocycles. The van der Waals surface area contributed by atoms with Crippen LogP contribution in [-0.2, 0) is 9.59 Å². The predicted molar refractivity (Wildman–Crippen MR) is 97.8 cm³/mol. The van der Waals surface area contributed by atoms with Gasteiger partial charge in [0, 0.05) is 17.3 Å². The molecule has 0 unspecified atom stereocenters. The van der Waals surface area contributed by atoms with E-state index in [1.807, 2.05) is 50.2 Å². The summed E-state index contributed by atoms with van der Waals surface area (Å²) in [5, 5.41) is 5.72. The van der Waals surface area contributed by atoms with Crippen molar-refractivity contribution in [1.82, 2.24) is 0 Å². The van der Waals surface area contributed by atoms with Crippen LogP contribution in [0.5, 0.6) is 5.75 Å². The van der Waals surface area contributed by atoms with Gasteiger partial charge in [0.25, 0.3) is 5.91 Å². The standard InChI is InChI=1S/C20H22N2O3/c1-13-3-9-17(10-4-13)25-12-19(23)21-16-8-5-14(2)18(11-16)22-20(24)15-6-7-15/h3-5,8-11,15H,6-7,12H2,1-2H3,(H,21,23)(H,22,24). The third-order valence-corrected chi connectivity index (χ3v) is 4.12. The maximum absolute atomic E-state index is 12.1. The number of carbonyl (C=O) groups is 2. The molecule has 2 aromatic carbocycles. The summed E-state index contributed by atoms with van der Waals surface area (Å²) in [6.07, 6.45) is 1.91. The van der Waals surface area contributed by atoms with E-state index in [-0.39, 0.29) is 24.3 Å². The zero-order chi connectivity index (χ0) is 17.8. The highest BCUT2D eigenvalue weighted by Crippen LogP contribution is 2.31. The maximum Gasteiger partial charge on any atom is 0.262 e. The molecule has 0 spiro atoms. The highest BCUT2D eigenvalue weighted by atomic mass is 16.5. The molecule has 0 saturated heterocycles. The minimum Gasteiger partial charge on any atom is -0.484 e. The van der Waals surface area contributed by atoms with Crippen molar-refractivity contribution in [3.63, 3.8) is 0 Å². The van der Waals surface area contributed by atoms with E-state index < -0.39 is 0 Å². The summed E-state index contributed by atoms with van der Waals surface area (Å²) in [6.45, 7) is 3.85. The van der Waals surface area contributed by atoms with Gasteiger partial charge in [0.15, 0.2) is 6.61 Å². The van der Waals surface area contributed by atoms with Gasteiger partial charge in [-0.25, -0.2) is 0 Å². The van der Waals surface area contributed by atoms with Crippen LogP contribution in [0.1, 0.15) is 24.0 Å². The van der Waals surface area contributed by atoms with Crippen LogP contribution >= 0.6 is 0 Å². The Morgan fingerprint density at radius 3 is 2.44 bits per heavy atom. The Morgan fingerprint density at radius 2 is 1.76 bits per heavy atom. The number of hydrogen-bond acceptors (Lipinski definition) is 3. The quantitative estimate of drug-likeness (QED) is 0.844. The van der Waals surface area contributed by atoms with E-state index in [2.05, 4.69) is 10.6 Å². The lowest BCUT2D eigenvalue weighted by molar-refractivity contribution is -0.118. The molecular weight excluding hydrogens is 316 g/mol. The second-order valence-corrected chi connectivity index (χ2v) is 6.44. The molecule has 5 heteroatoms. The molecule has 25 heavy (non-hydrogen) atoms. The first-order chi connectivity index (χ1) is 12.0. The SMILES string of the molecule is Cc1ccc(OCC(=O)Nc2ccc(C)c(NC(=O)C3CC3)c2)cc1. The minimum atomic E-state index is -0.246. The molecule has 0 bridgehead atoms. The second-order valence-electron chi connectivity index (χ2n) is 6.44. The van der Waals surface area contributed by atoms with Crippen LogP contribution in [-0.4, -0.2) is 18.4 Å². The highest BCUT2D eigenvalue weighted by molar-refractivity contribution is 5.96. The van der Waals surface area contributed by atoms with Crippen molar-refractivity contribution in [1.29, 1.82) is 0 Å². The minimum absolute atomic E-state index is 0.0503. The Morgan fingerprint density at radius 1 is 1.04 bits per heavy atom. The fraction of sp³-hybridized carbons (Fsp3) is 0.300. The summed E-state index contributed by atoms with van der Waals surface area (Å²) in [5.74, 6) is 0.598. The summed E-state index contributed by atoms with van der Waals surface area (Å²) < 4.78 is 5.47. The van der Waals surface area contributed by atoms with Crippen LogP contribution in [0, 0.1) is 19.8 Å². The number of nitrogens with one attached hydrogen (secondary N) is 2. The van der Waals surface area contributed by atoms with Crippen LogP contribution in [0.4, 0.5) is 11.4 Å². The molecule has 1 saturated carbocycles. The molecule has 1 fully saturated rings. The molecule has 0 heterocycles. The van der Waals surface area contributed by atoms with E-state index in [4.69, 9.17) is 4.74 Å². The van der Waals surface area contributed by atoms with E-state index >= 15 is 0 Å². The Kier molecular flexibility index (Phi) is 5.03. The topological polar surface area (TPSA) is 67.4 Å². The number of ether oxygens (including phenoxy) is 1. The molecule has 0 aromatic heterocycles. The number of carbonyl (C=O) groups excluding carboxylic acids is 2. The van der Waals surface area contributed by atoms with Crippen LogP contribution in [0.2, 0.25) is 0 Å². The number of benzene rings is 2. The smallest absolute Gasteiger partial charge is 0.262 e. The Bertz CT molecular complexity index is 780. The first kappa shape index (κ1) is 17.0. The van der Waals surface area contributed by atoms with Crippen molar-refractivity contribution >= 4 is 23.2 Å². The molecule has 2 amide bonds. The number of aryl methyl sites for hydroxylation is 2. The van der Waals surface area contributed by atoms with E-state index in [0.717, 1.165) is 29.7 Å². The molecule has 5 nitrogen and oxygen atoms in total. The van der Waals surface area contributed by atoms with Crippen molar-refractivity contribution in [3.8, 4) is 5.75 Å². The van der Waals surface area contributed by atoms with Gasteiger partial charge >= 0.3 is 0 Å². The van der Waals surface area contributed by atoms with Crippen molar-refractivity contribution in [2.24, 2.45) is 5.92 Å². The lowest BCUT2D eigenvalue weighted by atomic mass is 10.1. The second kappa shape index (κ2) is 7.38. The van der Waals surface area contributed by atoms with E-state index in [1.165, 1.54) is 0 Å². The molecule has 3 rings (SSSR count). The summed E-state index contributed by atoms with van der Waals surface area (Å²) >= 11 is 0. The monoisotopic (exact) mass is 338 g/mol. The zero-order valence-electron chi connectivity index (χ0n) is 14.5. The van der Waals surface area contributed by atoms with Gasteiger partial charge in [-0.2, -0.15) is 0 Å². The first-order valence-corrected chi connectivity index (χ1v) is 8.42. The van der Waals surface area contributed by atoms with E-state index in [0.29, 0.717) is 11.4 Å². The molecule has 1 aliphatic carbocycles. The normalized spacial score (nSPS) is 13.2. The van der Waals surface area contributed by atoms with Gasteiger partial charge in [0.2, 0.25) is 5.91 Å². The molecular formula is C20H22N2O3. The van der Waals surface area contributed by atoms with Gasteiger partial charge in [-0.1, -0.05) is 23.8 Å². The molecule has 2 N–H and O–H groups in total. The number of hydrogen-bond donors (Lipinski definition) is 2. The van der Waals surface area contributed by atoms with Gasteiger partial charge in [-0.05, 0) is 56.5 Å². The highest BCUT2D eigenvalue weighted by Gasteiger charge is 2.29. The summed E-state index contributed by atoms with van der Waals surface area (Å²) in [7, 11) is 0. The van der Waals surface area contributed by atoms with Crippen LogP contribution < -0.4 is 15.4 Å². The Hall–Kier alpha value is -2.82. The molecule has 0 atom stereocenters. The lowest BCUT2D eigenvalue weighted by Crippen LogP contribution is -2.20. The lowest BCUT2D eigenvalue weighted by Gasteiger charge is -2.12. The van der Waals surface area contributed by atoms with Crippen LogP contribution in [0.3, 0.4) is 0 Å². The fourth-order valence-electron chi connectivity index (χ4n) is 2.40. The van der Waals surface area contributed by atoms with Crippen LogP contribution in [0.25, 0.3) is 0 Å². The van der Waals surface area contributed by atoms with Gasteiger partial charge in [0.05, 0.1) is 0 Å². The van der Waals surface area contributed by atoms with Crippen molar-refractivity contribution in [2.45, 2.75) is 26.7 Å². The summed E-state index contributed by atoms with van der Waals surface area (Å²) in [4.78, 5) is 24.0. The number of rotatable bonds is 6. The molecule has 0 radical (unpaired) electrons. The van der Waals surface area contributed by atoms with Crippen molar-refractivity contribution < 1.29 is 14.3 Å². The van der Waals surface area contributed by atoms with Crippen molar-refractivity contribution in [2.75, 3.05) is 17.2 Å². The third kappa shape index (κ3) is 4.83. The first-order valence-electron chi connectivity index (χ1n) is 8.42. The average Bonchev–Trinajstić information content (AvgIpc) is 3.42. The van der Waals surface area contributed by atoms with Gasteiger partial charge in [-0.3, -0.25) is 9.59 Å². The summed E-state index contributed by atoms with van der Waals surface area (Å²) in [5.41, 5.74) is 3.46. The summed E-state index contributed by atoms with van der Waals surface area (Å²) in [6, 6.07) is 13.0. The van der Waals surface area contributed by atoms with E-state index in [9.17, 15) is 9.59 Å². The largest absolute Gasteiger partial charge is 0.484 e. The number of anilines is 2. The van der Waals surface area contributed by atoms with Gasteiger partial charge in [0.1, 0.15) is 5.75 Å². The molecule has 130 valence electrons. The van der Waals surface area contributed by atoms with Crippen LogP contribution in [0.15, 0.2) is 42.5 Å². The third-order valence-electron chi connectivity index (χ3n) is 4.12. The predicted octanol–water partition coefficient (Wildman–Crippen LogP) is 3.67. The zero-order valence-corrected chi connectivity index (χ0v) is 14.5. The molecule has 1 aliphatic rings. The van der Waals surface area contributed by atoms with Gasteiger partial charge < -0.3 is 15.4 Å². The maximum atomic E-state index is 12.1.